The maximum absolute atomic E-state index is 11.7. The summed E-state index contributed by atoms with van der Waals surface area (Å²) in [5, 5.41) is 0. The molecule has 0 N–H and O–H groups in total. The fourth-order valence-electron chi connectivity index (χ4n) is 1.76. The first-order valence-corrected chi connectivity index (χ1v) is 6.50. The maximum Gasteiger partial charge on any atom is 0.260 e. The highest BCUT2D eigenvalue weighted by Crippen LogP contribution is 2.15. The van der Waals surface area contributed by atoms with Crippen molar-refractivity contribution >= 4 is 28.5 Å². The standard InChI is InChI=1S/C12H14INO2/c13-10-4-3-5-11(8-10)16-9-12(15)14-6-1-2-7-14/h3-5,8H,1-2,6-7,9H2. The van der Waals surface area contributed by atoms with Gasteiger partial charge in [0.05, 0.1) is 0 Å². The number of amides is 1. The molecule has 1 heterocycles. The van der Waals surface area contributed by atoms with Crippen LogP contribution in [0, 0.1) is 3.57 Å². The maximum atomic E-state index is 11.7. The van der Waals surface area contributed by atoms with E-state index in [0.717, 1.165) is 35.3 Å². The predicted octanol–water partition coefficient (Wildman–Crippen LogP) is 2.29. The average Bonchev–Trinajstić information content (AvgIpc) is 2.79. The van der Waals surface area contributed by atoms with Crippen LogP contribution in [0.2, 0.25) is 0 Å². The first-order valence-electron chi connectivity index (χ1n) is 5.42. The summed E-state index contributed by atoms with van der Waals surface area (Å²) < 4.78 is 6.58. The molecule has 1 amide bonds. The van der Waals surface area contributed by atoms with Gasteiger partial charge in [-0.2, -0.15) is 0 Å². The van der Waals surface area contributed by atoms with Crippen LogP contribution in [0.3, 0.4) is 0 Å². The van der Waals surface area contributed by atoms with E-state index in [0.29, 0.717) is 0 Å². The van der Waals surface area contributed by atoms with Gasteiger partial charge in [0.25, 0.3) is 5.91 Å². The van der Waals surface area contributed by atoms with E-state index in [2.05, 4.69) is 22.6 Å². The normalized spacial score (nSPS) is 15.2. The molecule has 0 spiro atoms. The van der Waals surface area contributed by atoms with E-state index in [-0.39, 0.29) is 12.5 Å². The SMILES string of the molecule is O=C(COc1cccc(I)c1)N1CCCC1. The van der Waals surface area contributed by atoms with Gasteiger partial charge in [-0.15, -0.1) is 0 Å². The van der Waals surface area contributed by atoms with E-state index < -0.39 is 0 Å². The number of halogens is 1. The lowest BCUT2D eigenvalue weighted by molar-refractivity contribution is -0.132. The number of carbonyl (C=O) groups is 1. The highest BCUT2D eigenvalue weighted by Gasteiger charge is 2.17. The Labute approximate surface area is 109 Å². The molecule has 0 atom stereocenters. The molecule has 16 heavy (non-hydrogen) atoms. The second-order valence-corrected chi connectivity index (χ2v) is 5.08. The summed E-state index contributed by atoms with van der Waals surface area (Å²) in [6.45, 7) is 1.92. The molecule has 1 aliphatic rings. The van der Waals surface area contributed by atoms with Gasteiger partial charge in [0, 0.05) is 16.7 Å². The van der Waals surface area contributed by atoms with Crippen molar-refractivity contribution in [1.29, 1.82) is 0 Å². The highest BCUT2D eigenvalue weighted by atomic mass is 127. The number of hydrogen-bond acceptors (Lipinski definition) is 2. The van der Waals surface area contributed by atoms with Gasteiger partial charge >= 0.3 is 0 Å². The summed E-state index contributed by atoms with van der Waals surface area (Å²) in [5.74, 6) is 0.857. The lowest BCUT2D eigenvalue weighted by Crippen LogP contribution is -2.32. The minimum Gasteiger partial charge on any atom is -0.484 e. The van der Waals surface area contributed by atoms with Gasteiger partial charge in [-0.05, 0) is 53.6 Å². The molecule has 0 bridgehead atoms. The number of nitrogens with zero attached hydrogens (tertiary/aromatic N) is 1. The predicted molar refractivity (Wildman–Crippen MR) is 70.5 cm³/mol. The first-order chi connectivity index (χ1) is 7.75. The molecule has 3 nitrogen and oxygen atoms in total. The molecular weight excluding hydrogens is 317 g/mol. The van der Waals surface area contributed by atoms with E-state index in [1.807, 2.05) is 29.2 Å². The van der Waals surface area contributed by atoms with Crippen LogP contribution in [0.15, 0.2) is 24.3 Å². The molecule has 2 rings (SSSR count). The van der Waals surface area contributed by atoms with Gasteiger partial charge in [0.15, 0.2) is 6.61 Å². The summed E-state index contributed by atoms with van der Waals surface area (Å²) in [5.41, 5.74) is 0. The van der Waals surface area contributed by atoms with Crippen molar-refractivity contribution in [2.75, 3.05) is 19.7 Å². The summed E-state index contributed by atoms with van der Waals surface area (Å²) in [4.78, 5) is 13.6. The molecule has 0 radical (unpaired) electrons. The molecule has 4 heteroatoms. The van der Waals surface area contributed by atoms with Crippen LogP contribution in [-0.2, 0) is 4.79 Å². The fourth-order valence-corrected chi connectivity index (χ4v) is 2.27. The molecule has 1 aliphatic heterocycles. The van der Waals surface area contributed by atoms with Gasteiger partial charge in [0.1, 0.15) is 5.75 Å². The third kappa shape index (κ3) is 3.10. The van der Waals surface area contributed by atoms with Crippen LogP contribution in [0.4, 0.5) is 0 Å². The smallest absolute Gasteiger partial charge is 0.260 e. The van der Waals surface area contributed by atoms with Crippen molar-refractivity contribution in [3.8, 4) is 5.75 Å². The number of likely N-dealkylation sites (tertiary alicyclic amines) is 1. The largest absolute Gasteiger partial charge is 0.484 e. The Morgan fingerprint density at radius 1 is 1.38 bits per heavy atom. The Morgan fingerprint density at radius 2 is 2.12 bits per heavy atom. The van der Waals surface area contributed by atoms with E-state index in [1.165, 1.54) is 0 Å². The Kier molecular flexibility index (Phi) is 4.04. The van der Waals surface area contributed by atoms with Crippen LogP contribution >= 0.6 is 22.6 Å². The Balaban J connectivity index is 1.84. The van der Waals surface area contributed by atoms with Crippen LogP contribution in [0.25, 0.3) is 0 Å². The number of ether oxygens (including phenoxy) is 1. The fraction of sp³-hybridized carbons (Fsp3) is 0.417. The Bertz CT molecular complexity index is 375. The number of rotatable bonds is 3. The molecule has 0 saturated carbocycles. The van der Waals surface area contributed by atoms with Gasteiger partial charge in [-0.3, -0.25) is 4.79 Å². The van der Waals surface area contributed by atoms with Crippen LogP contribution in [-0.4, -0.2) is 30.5 Å². The minimum absolute atomic E-state index is 0.0939. The molecule has 1 aromatic rings. The van der Waals surface area contributed by atoms with Gasteiger partial charge in [-0.1, -0.05) is 6.07 Å². The van der Waals surface area contributed by atoms with Crippen molar-refractivity contribution in [2.24, 2.45) is 0 Å². The van der Waals surface area contributed by atoms with Crippen LogP contribution < -0.4 is 4.74 Å². The molecule has 1 fully saturated rings. The topological polar surface area (TPSA) is 29.5 Å². The summed E-state index contributed by atoms with van der Waals surface area (Å²) in [6, 6.07) is 7.73. The Hall–Kier alpha value is -0.780. The number of benzene rings is 1. The van der Waals surface area contributed by atoms with E-state index in [4.69, 9.17) is 4.74 Å². The second kappa shape index (κ2) is 5.52. The Morgan fingerprint density at radius 3 is 2.81 bits per heavy atom. The zero-order chi connectivity index (χ0) is 11.4. The van der Waals surface area contributed by atoms with E-state index in [9.17, 15) is 4.79 Å². The van der Waals surface area contributed by atoms with Crippen molar-refractivity contribution in [2.45, 2.75) is 12.8 Å². The third-order valence-corrected chi connectivity index (χ3v) is 3.29. The third-order valence-electron chi connectivity index (χ3n) is 2.62. The van der Waals surface area contributed by atoms with E-state index >= 15 is 0 Å². The van der Waals surface area contributed by atoms with Gasteiger partial charge in [0.2, 0.25) is 0 Å². The van der Waals surface area contributed by atoms with E-state index in [1.54, 1.807) is 0 Å². The van der Waals surface area contributed by atoms with Crippen LogP contribution in [0.1, 0.15) is 12.8 Å². The summed E-state index contributed by atoms with van der Waals surface area (Å²) >= 11 is 2.23. The molecular formula is C12H14INO2. The summed E-state index contributed by atoms with van der Waals surface area (Å²) in [7, 11) is 0. The van der Waals surface area contributed by atoms with Crippen LogP contribution in [0.5, 0.6) is 5.75 Å². The molecule has 1 aromatic carbocycles. The number of hydrogen-bond donors (Lipinski definition) is 0. The lowest BCUT2D eigenvalue weighted by atomic mass is 10.3. The minimum atomic E-state index is 0.0939. The lowest BCUT2D eigenvalue weighted by Gasteiger charge is -2.15. The van der Waals surface area contributed by atoms with Crippen molar-refractivity contribution in [3.05, 3.63) is 27.8 Å². The molecule has 0 aliphatic carbocycles. The van der Waals surface area contributed by atoms with Crippen molar-refractivity contribution in [1.82, 2.24) is 4.90 Å². The van der Waals surface area contributed by atoms with Gasteiger partial charge in [-0.25, -0.2) is 0 Å². The monoisotopic (exact) mass is 331 g/mol. The first kappa shape index (κ1) is 11.7. The second-order valence-electron chi connectivity index (χ2n) is 3.83. The average molecular weight is 331 g/mol. The summed E-state index contributed by atoms with van der Waals surface area (Å²) in [6.07, 6.45) is 2.24. The zero-order valence-electron chi connectivity index (χ0n) is 8.99. The number of carbonyl (C=O) groups excluding carboxylic acids is 1. The van der Waals surface area contributed by atoms with Gasteiger partial charge < -0.3 is 9.64 Å². The van der Waals surface area contributed by atoms with Crippen molar-refractivity contribution in [3.63, 3.8) is 0 Å². The quantitative estimate of drug-likeness (QED) is 0.796. The molecule has 0 aromatic heterocycles. The molecule has 0 unspecified atom stereocenters. The zero-order valence-corrected chi connectivity index (χ0v) is 11.1. The highest BCUT2D eigenvalue weighted by molar-refractivity contribution is 14.1. The molecule has 1 saturated heterocycles. The van der Waals surface area contributed by atoms with Crippen molar-refractivity contribution < 1.29 is 9.53 Å². The molecule has 86 valence electrons.